The molecule has 12 heteroatoms. The van der Waals surface area contributed by atoms with Gasteiger partial charge in [-0.25, -0.2) is 0 Å². The molecule has 1 aliphatic rings. The smallest absolute Gasteiger partial charge is 0.328 e. The van der Waals surface area contributed by atoms with E-state index >= 15 is 0 Å². The fraction of sp³-hybridized carbons (Fsp3) is 0.769. The number of aliphatic hydroxyl groups is 1. The lowest BCUT2D eigenvalue weighted by Gasteiger charge is -2.44. The molecule has 0 aliphatic carbocycles. The SMILES string of the molecule is CC(=O)O[C@@H]1[C@@H](OC(C)=O)[C@H](CP(=O)(O)O)O[C@H](CO)[C@H]1OC(C)=O. The zero-order valence-corrected chi connectivity index (χ0v) is 14.8. The van der Waals surface area contributed by atoms with Crippen molar-refractivity contribution in [1.82, 2.24) is 0 Å². The van der Waals surface area contributed by atoms with Crippen molar-refractivity contribution in [2.75, 3.05) is 12.8 Å². The Morgan fingerprint density at radius 1 is 0.880 bits per heavy atom. The van der Waals surface area contributed by atoms with Crippen molar-refractivity contribution in [2.24, 2.45) is 0 Å². The summed E-state index contributed by atoms with van der Waals surface area (Å²) in [5, 5.41) is 9.45. The number of ether oxygens (including phenoxy) is 4. The lowest BCUT2D eigenvalue weighted by molar-refractivity contribution is -0.247. The van der Waals surface area contributed by atoms with Crippen molar-refractivity contribution in [3.63, 3.8) is 0 Å². The number of hydrogen-bond acceptors (Lipinski definition) is 9. The van der Waals surface area contributed by atoms with Crippen LogP contribution in [-0.2, 0) is 37.9 Å². The zero-order chi connectivity index (χ0) is 19.4. The van der Waals surface area contributed by atoms with E-state index in [1.54, 1.807) is 0 Å². The second kappa shape index (κ2) is 8.72. The average molecular weight is 384 g/mol. The highest BCUT2D eigenvalue weighted by Gasteiger charge is 2.52. The standard InChI is InChI=1S/C13H21O11P/c1-6(15)21-11-9(4-14)24-10(5-25(18,19)20)12(22-7(2)16)13(11)23-8(3)17/h9-14H,4-5H2,1-3H3,(H2,18,19,20)/t9-,10+,11-,12+,13+/m1/s1. The van der Waals surface area contributed by atoms with Gasteiger partial charge in [0, 0.05) is 20.8 Å². The highest BCUT2D eigenvalue weighted by atomic mass is 31.2. The Bertz CT molecular complexity index is 556. The Morgan fingerprint density at radius 3 is 1.64 bits per heavy atom. The van der Waals surface area contributed by atoms with Crippen molar-refractivity contribution in [3.05, 3.63) is 0 Å². The molecule has 1 rings (SSSR count). The minimum Gasteiger partial charge on any atom is -0.456 e. The van der Waals surface area contributed by atoms with Gasteiger partial charge < -0.3 is 33.8 Å². The van der Waals surface area contributed by atoms with Crippen LogP contribution < -0.4 is 0 Å². The molecule has 1 aliphatic heterocycles. The summed E-state index contributed by atoms with van der Waals surface area (Å²) >= 11 is 0. The summed E-state index contributed by atoms with van der Waals surface area (Å²) in [7, 11) is -4.61. The Morgan fingerprint density at radius 2 is 1.28 bits per heavy atom. The second-order valence-electron chi connectivity index (χ2n) is 5.46. The Labute approximate surface area is 143 Å². The maximum atomic E-state index is 11.4. The number of carbonyl (C=O) groups is 3. The van der Waals surface area contributed by atoms with E-state index in [1.165, 1.54) is 0 Å². The van der Waals surface area contributed by atoms with E-state index in [2.05, 4.69) is 0 Å². The van der Waals surface area contributed by atoms with Crippen LogP contribution in [0.3, 0.4) is 0 Å². The number of carbonyl (C=O) groups excluding carboxylic acids is 3. The molecule has 1 saturated heterocycles. The van der Waals surface area contributed by atoms with Crippen LogP contribution in [-0.4, -0.2) is 76.1 Å². The molecule has 144 valence electrons. The van der Waals surface area contributed by atoms with Crippen molar-refractivity contribution in [3.8, 4) is 0 Å². The molecule has 25 heavy (non-hydrogen) atoms. The van der Waals surface area contributed by atoms with E-state index in [1.807, 2.05) is 0 Å². The molecule has 0 saturated carbocycles. The van der Waals surface area contributed by atoms with Crippen LogP contribution in [0.15, 0.2) is 0 Å². The van der Waals surface area contributed by atoms with E-state index in [0.717, 1.165) is 20.8 Å². The van der Waals surface area contributed by atoms with Crippen molar-refractivity contribution in [2.45, 2.75) is 51.3 Å². The van der Waals surface area contributed by atoms with Gasteiger partial charge in [0.1, 0.15) is 12.2 Å². The molecule has 1 fully saturated rings. The third-order valence-electron chi connectivity index (χ3n) is 3.23. The van der Waals surface area contributed by atoms with Crippen LogP contribution in [0.5, 0.6) is 0 Å². The molecule has 3 N–H and O–H groups in total. The summed E-state index contributed by atoms with van der Waals surface area (Å²) in [5.74, 6) is -2.42. The molecule has 0 aromatic heterocycles. The summed E-state index contributed by atoms with van der Waals surface area (Å²) in [6.45, 7) is 2.47. The maximum absolute atomic E-state index is 11.4. The summed E-state index contributed by atoms with van der Waals surface area (Å²) < 4.78 is 31.8. The topological polar surface area (TPSA) is 166 Å². The molecule has 0 bridgehead atoms. The van der Waals surface area contributed by atoms with Crippen LogP contribution in [0, 0.1) is 0 Å². The van der Waals surface area contributed by atoms with Crippen LogP contribution in [0.2, 0.25) is 0 Å². The molecular formula is C13H21O11P. The van der Waals surface area contributed by atoms with E-state index < -0.39 is 68.8 Å². The molecule has 11 nitrogen and oxygen atoms in total. The average Bonchev–Trinajstić information content (AvgIpc) is 2.42. The van der Waals surface area contributed by atoms with E-state index in [4.69, 9.17) is 18.9 Å². The van der Waals surface area contributed by atoms with Crippen LogP contribution in [0.4, 0.5) is 0 Å². The van der Waals surface area contributed by atoms with E-state index in [0.29, 0.717) is 0 Å². The molecule has 0 unspecified atom stereocenters. The van der Waals surface area contributed by atoms with Crippen molar-refractivity contribution in [1.29, 1.82) is 0 Å². The monoisotopic (exact) mass is 384 g/mol. The van der Waals surface area contributed by atoms with Crippen molar-refractivity contribution < 1.29 is 52.8 Å². The maximum Gasteiger partial charge on any atom is 0.328 e. The molecule has 0 amide bonds. The van der Waals surface area contributed by atoms with Gasteiger partial charge in [-0.1, -0.05) is 0 Å². The van der Waals surface area contributed by atoms with Gasteiger partial charge in [0.25, 0.3) is 0 Å². The summed E-state index contributed by atoms with van der Waals surface area (Å²) in [5.41, 5.74) is 0. The molecule has 0 radical (unpaired) electrons. The first-order chi connectivity index (χ1) is 11.4. The van der Waals surface area contributed by atoms with Gasteiger partial charge in [0.05, 0.1) is 12.8 Å². The number of hydrogen-bond donors (Lipinski definition) is 3. The quantitative estimate of drug-likeness (QED) is 0.283. The second-order valence-corrected chi connectivity index (χ2v) is 7.16. The van der Waals surface area contributed by atoms with Crippen LogP contribution in [0.25, 0.3) is 0 Å². The van der Waals surface area contributed by atoms with Gasteiger partial charge in [-0.3, -0.25) is 18.9 Å². The van der Waals surface area contributed by atoms with Gasteiger partial charge >= 0.3 is 25.5 Å². The largest absolute Gasteiger partial charge is 0.456 e. The first kappa shape index (κ1) is 21.5. The highest BCUT2D eigenvalue weighted by Crippen LogP contribution is 2.40. The Kier molecular flexibility index (Phi) is 7.51. The predicted molar refractivity (Wildman–Crippen MR) is 79.3 cm³/mol. The first-order valence-electron chi connectivity index (χ1n) is 7.27. The van der Waals surface area contributed by atoms with Crippen molar-refractivity contribution >= 4 is 25.5 Å². The summed E-state index contributed by atoms with van der Waals surface area (Å²) in [6.07, 6.45) is -7.67. The fourth-order valence-corrected chi connectivity index (χ4v) is 3.28. The van der Waals surface area contributed by atoms with Crippen LogP contribution >= 0.6 is 7.60 Å². The minimum atomic E-state index is -4.61. The molecule has 0 spiro atoms. The zero-order valence-electron chi connectivity index (χ0n) is 13.9. The normalized spacial score (nSPS) is 29.6. The van der Waals surface area contributed by atoms with Gasteiger partial charge in [-0.2, -0.15) is 0 Å². The van der Waals surface area contributed by atoms with Gasteiger partial charge in [0.2, 0.25) is 0 Å². The van der Waals surface area contributed by atoms with E-state index in [9.17, 15) is 33.8 Å². The number of rotatable bonds is 6. The first-order valence-corrected chi connectivity index (χ1v) is 9.07. The molecule has 1 heterocycles. The minimum absolute atomic E-state index is 0.694. The lowest BCUT2D eigenvalue weighted by Crippen LogP contribution is -2.62. The Balaban J connectivity index is 3.28. The molecular weight excluding hydrogens is 363 g/mol. The fourth-order valence-electron chi connectivity index (χ4n) is 2.51. The molecule has 0 aromatic carbocycles. The van der Waals surface area contributed by atoms with Gasteiger partial charge in [0.15, 0.2) is 18.3 Å². The third-order valence-corrected chi connectivity index (χ3v) is 4.07. The van der Waals surface area contributed by atoms with Gasteiger partial charge in [-0.15, -0.1) is 0 Å². The molecule has 0 aromatic rings. The number of esters is 3. The predicted octanol–water partition coefficient (Wildman–Crippen LogP) is -1.28. The number of aliphatic hydroxyl groups excluding tert-OH is 1. The third kappa shape index (κ3) is 6.71. The van der Waals surface area contributed by atoms with E-state index in [-0.39, 0.29) is 0 Å². The Hall–Kier alpha value is -1.52. The van der Waals surface area contributed by atoms with Crippen LogP contribution in [0.1, 0.15) is 20.8 Å². The molecule has 5 atom stereocenters. The summed E-state index contributed by atoms with van der Waals surface area (Å²) in [6, 6.07) is 0. The summed E-state index contributed by atoms with van der Waals surface area (Å²) in [4.78, 5) is 52.5. The lowest BCUT2D eigenvalue weighted by atomic mass is 9.95. The van der Waals surface area contributed by atoms with Gasteiger partial charge in [-0.05, 0) is 0 Å². The highest BCUT2D eigenvalue weighted by molar-refractivity contribution is 7.51.